The highest BCUT2D eigenvalue weighted by Crippen LogP contribution is 2.22. The van der Waals surface area contributed by atoms with Crippen LogP contribution in [0.2, 0.25) is 5.02 Å². The molecule has 1 rings (SSSR count). The number of sulfonamides is 1. The molecule has 0 saturated heterocycles. The van der Waals surface area contributed by atoms with E-state index in [-0.39, 0.29) is 15.5 Å². The van der Waals surface area contributed by atoms with Crippen molar-refractivity contribution in [1.82, 2.24) is 4.72 Å². The van der Waals surface area contributed by atoms with Crippen LogP contribution < -0.4 is 4.72 Å². The lowest BCUT2D eigenvalue weighted by Gasteiger charge is -2.18. The maximum absolute atomic E-state index is 12.2. The summed E-state index contributed by atoms with van der Waals surface area (Å²) in [7, 11) is -2.92. The van der Waals surface area contributed by atoms with E-state index in [1.165, 1.54) is 13.2 Å². The average molecular weight is 350 g/mol. The summed E-state index contributed by atoms with van der Waals surface area (Å²) in [6, 6.07) is 2.15. The molecule has 0 spiro atoms. The molecule has 0 aliphatic carbocycles. The molecule has 22 heavy (non-hydrogen) atoms. The van der Waals surface area contributed by atoms with Crippen molar-refractivity contribution in [1.29, 1.82) is 0 Å². The third-order valence-electron chi connectivity index (χ3n) is 2.87. The SMILES string of the molecule is COC(=O)c1ccc(S(=O)(=O)N[C@@H](C(=O)O)C(C)C)cc1Cl. The van der Waals surface area contributed by atoms with Gasteiger partial charge in [-0.25, -0.2) is 13.2 Å². The number of carbonyl (C=O) groups is 2. The standard InChI is InChI=1S/C13H16ClNO6S/c1-7(2)11(12(16)17)15-22(19,20)8-4-5-9(10(14)6-8)13(18)21-3/h4-7,11,15H,1-3H3,(H,16,17)/t11-/m1/s1. The van der Waals surface area contributed by atoms with Gasteiger partial charge in [0.15, 0.2) is 0 Å². The minimum Gasteiger partial charge on any atom is -0.480 e. The zero-order chi connectivity index (χ0) is 17.1. The van der Waals surface area contributed by atoms with Crippen molar-refractivity contribution >= 4 is 33.6 Å². The minimum absolute atomic E-state index is 0.0155. The number of benzene rings is 1. The van der Waals surface area contributed by atoms with Crippen molar-refractivity contribution in [2.75, 3.05) is 7.11 Å². The van der Waals surface area contributed by atoms with E-state index in [0.717, 1.165) is 12.1 Å². The maximum Gasteiger partial charge on any atom is 0.339 e. The minimum atomic E-state index is -4.09. The number of rotatable bonds is 6. The number of methoxy groups -OCH3 is 1. The molecule has 0 unspecified atom stereocenters. The van der Waals surface area contributed by atoms with E-state index >= 15 is 0 Å². The van der Waals surface area contributed by atoms with Gasteiger partial charge < -0.3 is 9.84 Å². The lowest BCUT2D eigenvalue weighted by atomic mass is 10.1. The van der Waals surface area contributed by atoms with Gasteiger partial charge in [-0.05, 0) is 24.1 Å². The third-order valence-corrected chi connectivity index (χ3v) is 4.62. The van der Waals surface area contributed by atoms with Gasteiger partial charge in [-0.1, -0.05) is 25.4 Å². The van der Waals surface area contributed by atoms with Gasteiger partial charge in [-0.3, -0.25) is 4.79 Å². The normalized spacial score (nSPS) is 13.0. The van der Waals surface area contributed by atoms with E-state index in [1.807, 2.05) is 0 Å². The van der Waals surface area contributed by atoms with Crippen molar-refractivity contribution in [3.8, 4) is 0 Å². The molecule has 1 aromatic carbocycles. The first-order valence-corrected chi connectivity index (χ1v) is 8.09. The summed E-state index contributed by atoms with van der Waals surface area (Å²) in [5.74, 6) is -2.43. The van der Waals surface area contributed by atoms with Gasteiger partial charge in [-0.2, -0.15) is 4.72 Å². The molecule has 0 heterocycles. The number of esters is 1. The topological polar surface area (TPSA) is 110 Å². The Bertz CT molecular complexity index is 686. The molecule has 122 valence electrons. The Morgan fingerprint density at radius 3 is 2.32 bits per heavy atom. The highest BCUT2D eigenvalue weighted by molar-refractivity contribution is 7.89. The number of hydrogen-bond acceptors (Lipinski definition) is 5. The summed E-state index contributed by atoms with van der Waals surface area (Å²) in [5, 5.41) is 8.94. The number of halogens is 1. The van der Waals surface area contributed by atoms with Crippen molar-refractivity contribution in [3.63, 3.8) is 0 Å². The van der Waals surface area contributed by atoms with Crippen LogP contribution in [0.4, 0.5) is 0 Å². The molecule has 2 N–H and O–H groups in total. The molecule has 0 radical (unpaired) electrons. The highest BCUT2D eigenvalue weighted by atomic mass is 35.5. The zero-order valence-corrected chi connectivity index (χ0v) is 13.7. The second-order valence-electron chi connectivity index (χ2n) is 4.81. The molecule has 0 amide bonds. The molecule has 0 aliphatic rings. The quantitative estimate of drug-likeness (QED) is 0.753. The number of nitrogens with one attached hydrogen (secondary N) is 1. The Balaban J connectivity index is 3.16. The number of ether oxygens (including phenoxy) is 1. The largest absolute Gasteiger partial charge is 0.480 e. The van der Waals surface area contributed by atoms with E-state index in [4.69, 9.17) is 16.7 Å². The predicted octanol–water partition coefficient (Wildman–Crippen LogP) is 1.51. The van der Waals surface area contributed by atoms with Gasteiger partial charge in [0.05, 0.1) is 22.6 Å². The fraction of sp³-hybridized carbons (Fsp3) is 0.385. The van der Waals surface area contributed by atoms with Gasteiger partial charge in [-0.15, -0.1) is 0 Å². The van der Waals surface area contributed by atoms with Crippen molar-refractivity contribution in [2.45, 2.75) is 24.8 Å². The highest BCUT2D eigenvalue weighted by Gasteiger charge is 2.28. The molecule has 0 bridgehead atoms. The first-order chi connectivity index (χ1) is 10.1. The van der Waals surface area contributed by atoms with Crippen molar-refractivity contribution in [2.24, 2.45) is 5.92 Å². The summed E-state index contributed by atoms with van der Waals surface area (Å²) in [5.41, 5.74) is 0.0155. The number of carboxylic acids is 1. The van der Waals surface area contributed by atoms with E-state index in [2.05, 4.69) is 9.46 Å². The van der Waals surface area contributed by atoms with Crippen molar-refractivity contribution in [3.05, 3.63) is 28.8 Å². The molecular formula is C13H16ClNO6S. The predicted molar refractivity (Wildman–Crippen MR) is 79.4 cm³/mol. The van der Waals surface area contributed by atoms with Crippen LogP contribution in [0.25, 0.3) is 0 Å². The molecule has 0 aliphatic heterocycles. The molecule has 1 atom stereocenters. The molecule has 7 nitrogen and oxygen atoms in total. The van der Waals surface area contributed by atoms with Gasteiger partial charge in [0.1, 0.15) is 6.04 Å². The summed E-state index contributed by atoms with van der Waals surface area (Å²) >= 11 is 5.86. The van der Waals surface area contributed by atoms with E-state index < -0.39 is 33.9 Å². The molecule has 1 aromatic rings. The Morgan fingerprint density at radius 2 is 1.91 bits per heavy atom. The van der Waals surface area contributed by atoms with Crippen LogP contribution in [0.1, 0.15) is 24.2 Å². The van der Waals surface area contributed by atoms with Crippen molar-refractivity contribution < 1.29 is 27.9 Å². The van der Waals surface area contributed by atoms with E-state index in [1.54, 1.807) is 13.8 Å². The first kappa shape index (κ1) is 18.4. The maximum atomic E-state index is 12.2. The second kappa shape index (κ2) is 7.08. The lowest BCUT2D eigenvalue weighted by molar-refractivity contribution is -0.140. The Hall–Kier alpha value is -1.64. The smallest absolute Gasteiger partial charge is 0.339 e. The van der Waals surface area contributed by atoms with Gasteiger partial charge in [0, 0.05) is 0 Å². The van der Waals surface area contributed by atoms with E-state index in [0.29, 0.717) is 0 Å². The molecule has 0 aromatic heterocycles. The van der Waals surface area contributed by atoms with Gasteiger partial charge in [0.25, 0.3) is 0 Å². The molecule has 0 saturated carbocycles. The lowest BCUT2D eigenvalue weighted by Crippen LogP contribution is -2.44. The number of carboxylic acid groups (broad SMARTS) is 1. The first-order valence-electron chi connectivity index (χ1n) is 6.23. The van der Waals surface area contributed by atoms with Crippen LogP contribution in [-0.2, 0) is 19.6 Å². The Morgan fingerprint density at radius 1 is 1.32 bits per heavy atom. The van der Waals surface area contributed by atoms with Crippen LogP contribution in [-0.4, -0.2) is 38.6 Å². The van der Waals surface area contributed by atoms with Crippen LogP contribution in [0.3, 0.4) is 0 Å². The molecular weight excluding hydrogens is 334 g/mol. The summed E-state index contributed by atoms with van der Waals surface area (Å²) in [4.78, 5) is 22.2. The number of carbonyl (C=O) groups excluding carboxylic acids is 1. The van der Waals surface area contributed by atoms with Crippen LogP contribution in [0.5, 0.6) is 0 Å². The number of aliphatic carboxylic acids is 1. The summed E-state index contributed by atoms with van der Waals surface area (Å²) in [6.45, 7) is 3.16. The van der Waals surface area contributed by atoms with Gasteiger partial charge >= 0.3 is 11.9 Å². The average Bonchev–Trinajstić information content (AvgIpc) is 2.43. The molecule has 0 fully saturated rings. The number of hydrogen-bond donors (Lipinski definition) is 2. The van der Waals surface area contributed by atoms with Gasteiger partial charge in [0.2, 0.25) is 10.0 Å². The fourth-order valence-corrected chi connectivity index (χ4v) is 3.33. The zero-order valence-electron chi connectivity index (χ0n) is 12.2. The summed E-state index contributed by atoms with van der Waals surface area (Å²) < 4.78 is 31.0. The van der Waals surface area contributed by atoms with Crippen LogP contribution in [0, 0.1) is 5.92 Å². The van der Waals surface area contributed by atoms with Crippen LogP contribution in [0.15, 0.2) is 23.1 Å². The molecule has 9 heteroatoms. The monoisotopic (exact) mass is 349 g/mol. The second-order valence-corrected chi connectivity index (χ2v) is 6.94. The van der Waals surface area contributed by atoms with Crippen LogP contribution >= 0.6 is 11.6 Å². The Kier molecular flexibility index (Phi) is 5.92. The summed E-state index contributed by atoms with van der Waals surface area (Å²) in [6.07, 6.45) is 0. The fourth-order valence-electron chi connectivity index (χ4n) is 1.65. The Labute approximate surface area is 133 Å². The van der Waals surface area contributed by atoms with E-state index in [9.17, 15) is 18.0 Å². The third kappa shape index (κ3) is 4.19.